The van der Waals surface area contributed by atoms with E-state index >= 15 is 0 Å². The Labute approximate surface area is 79.3 Å². The van der Waals surface area contributed by atoms with Crippen LogP contribution >= 0.6 is 11.8 Å². The number of aromatic nitrogens is 3. The first-order valence-electron chi connectivity index (χ1n) is 3.62. The summed E-state index contributed by atoms with van der Waals surface area (Å²) in [7, 11) is 1.83. The van der Waals surface area contributed by atoms with Crippen molar-refractivity contribution in [1.82, 2.24) is 20.1 Å². The number of hydrogen-bond acceptors (Lipinski definition) is 4. The lowest BCUT2D eigenvalue weighted by Crippen LogP contribution is -2.22. The molecule has 0 spiro atoms. The largest absolute Gasteiger partial charge is 0.450 e. The van der Waals surface area contributed by atoms with Crippen LogP contribution in [0.2, 0.25) is 0 Å². The highest BCUT2D eigenvalue weighted by molar-refractivity contribution is 7.99. The summed E-state index contributed by atoms with van der Waals surface area (Å²) < 4.78 is 1.77. The van der Waals surface area contributed by atoms with Crippen LogP contribution in [0.4, 0.5) is 4.79 Å². The van der Waals surface area contributed by atoms with E-state index in [9.17, 15) is 9.90 Å². The lowest BCUT2D eigenvalue weighted by Gasteiger charge is -1.99. The van der Waals surface area contributed by atoms with Gasteiger partial charge in [-0.15, -0.1) is 10.2 Å². The summed E-state index contributed by atoms with van der Waals surface area (Å²) in [5, 5.41) is 20.4. The molecule has 0 fully saturated rings. The van der Waals surface area contributed by atoms with E-state index in [1.807, 2.05) is 7.05 Å². The lowest BCUT2D eigenvalue weighted by atomic mass is 10.7. The number of nitrogens with one attached hydrogen (secondary N) is 1. The van der Waals surface area contributed by atoms with Gasteiger partial charge in [0, 0.05) is 19.3 Å². The van der Waals surface area contributed by atoms with Crippen molar-refractivity contribution in [2.24, 2.45) is 7.05 Å². The molecule has 0 atom stereocenters. The second-order valence-corrected chi connectivity index (χ2v) is 3.35. The molecule has 1 N–H and O–H groups in total. The molecule has 0 aliphatic heterocycles. The summed E-state index contributed by atoms with van der Waals surface area (Å²) >= 11 is 1.43. The Hall–Kier alpha value is -1.24. The number of aryl methyl sites for hydroxylation is 1. The van der Waals surface area contributed by atoms with E-state index in [1.54, 1.807) is 10.9 Å². The quantitative estimate of drug-likeness (QED) is 0.551. The summed E-state index contributed by atoms with van der Waals surface area (Å²) in [5.74, 6) is 0.612. The van der Waals surface area contributed by atoms with E-state index in [0.717, 1.165) is 5.16 Å². The summed E-state index contributed by atoms with van der Waals surface area (Å²) in [4.78, 5) is 9.96. The topological polar surface area (TPSA) is 79.7 Å². The minimum absolute atomic E-state index is 0.347. The van der Waals surface area contributed by atoms with Crippen LogP contribution in [0.3, 0.4) is 0 Å². The predicted molar refractivity (Wildman–Crippen MR) is 45.8 cm³/mol. The van der Waals surface area contributed by atoms with Crippen LogP contribution in [0.25, 0.3) is 0 Å². The standard InChI is InChI=1S/C6H9N4O2S/c1-10-4-8-9-5(10)13-3-2-7-6(11)12/h4,7H,2-3H2,1H3. The van der Waals surface area contributed by atoms with E-state index in [4.69, 9.17) is 0 Å². The van der Waals surface area contributed by atoms with Gasteiger partial charge in [0.2, 0.25) is 0 Å². The molecular weight excluding hydrogens is 192 g/mol. The zero-order valence-electron chi connectivity index (χ0n) is 7.06. The summed E-state index contributed by atoms with van der Waals surface area (Å²) in [6, 6.07) is 0. The summed E-state index contributed by atoms with van der Waals surface area (Å²) in [6.45, 7) is 0.347. The van der Waals surface area contributed by atoms with Gasteiger partial charge in [0.25, 0.3) is 0 Å². The van der Waals surface area contributed by atoms with Crippen LogP contribution < -0.4 is 5.32 Å². The summed E-state index contributed by atoms with van der Waals surface area (Å²) in [6.07, 6.45) is 0.340. The van der Waals surface area contributed by atoms with Gasteiger partial charge in [-0.05, 0) is 0 Å². The third-order valence-corrected chi connectivity index (χ3v) is 2.31. The number of rotatable bonds is 4. The van der Waals surface area contributed by atoms with Gasteiger partial charge in [-0.25, -0.2) is 9.90 Å². The van der Waals surface area contributed by atoms with Crippen molar-refractivity contribution in [3.05, 3.63) is 6.33 Å². The fourth-order valence-electron chi connectivity index (χ4n) is 0.699. The second-order valence-electron chi connectivity index (χ2n) is 2.29. The molecule has 13 heavy (non-hydrogen) atoms. The van der Waals surface area contributed by atoms with Gasteiger partial charge in [-0.1, -0.05) is 11.8 Å². The van der Waals surface area contributed by atoms with Crippen LogP contribution in [0.1, 0.15) is 0 Å². The van der Waals surface area contributed by atoms with Crippen LogP contribution in [0.15, 0.2) is 11.5 Å². The molecule has 0 aliphatic carbocycles. The molecule has 1 heterocycles. The molecule has 6 nitrogen and oxygen atoms in total. The Bertz CT molecular complexity index is 288. The average Bonchev–Trinajstić information content (AvgIpc) is 2.45. The SMILES string of the molecule is Cn1cnnc1SCCNC([O])=O. The molecule has 0 aromatic carbocycles. The minimum Gasteiger partial charge on any atom is -0.318 e. The number of amides is 1. The van der Waals surface area contributed by atoms with Crippen molar-refractivity contribution < 1.29 is 9.90 Å². The zero-order valence-corrected chi connectivity index (χ0v) is 7.87. The number of nitrogens with zero attached hydrogens (tertiary/aromatic N) is 3. The van der Waals surface area contributed by atoms with Gasteiger partial charge < -0.3 is 9.88 Å². The van der Waals surface area contributed by atoms with Gasteiger partial charge in [-0.2, -0.15) is 0 Å². The minimum atomic E-state index is -1.25. The smallest absolute Gasteiger partial charge is 0.318 e. The molecule has 0 aliphatic rings. The van der Waals surface area contributed by atoms with Crippen molar-refractivity contribution in [3.8, 4) is 0 Å². The van der Waals surface area contributed by atoms with E-state index in [1.165, 1.54) is 11.8 Å². The van der Waals surface area contributed by atoms with Crippen molar-refractivity contribution >= 4 is 17.9 Å². The normalized spacial score (nSPS) is 9.92. The molecular formula is C6H9N4O2S. The van der Waals surface area contributed by atoms with Crippen molar-refractivity contribution in [1.29, 1.82) is 0 Å². The number of thioether (sulfide) groups is 1. The highest BCUT2D eigenvalue weighted by Crippen LogP contribution is 2.11. The monoisotopic (exact) mass is 201 g/mol. The van der Waals surface area contributed by atoms with Crippen LogP contribution in [-0.2, 0) is 12.2 Å². The van der Waals surface area contributed by atoms with Gasteiger partial charge in [0.15, 0.2) is 5.16 Å². The molecule has 1 aromatic heterocycles. The molecule has 7 heteroatoms. The van der Waals surface area contributed by atoms with Crippen LogP contribution in [0.5, 0.6) is 0 Å². The van der Waals surface area contributed by atoms with E-state index < -0.39 is 6.09 Å². The fourth-order valence-corrected chi connectivity index (χ4v) is 1.44. The van der Waals surface area contributed by atoms with E-state index in [2.05, 4.69) is 15.5 Å². The van der Waals surface area contributed by atoms with Gasteiger partial charge >= 0.3 is 6.09 Å². The number of hydrogen-bond donors (Lipinski definition) is 1. The van der Waals surface area contributed by atoms with E-state index in [-0.39, 0.29) is 0 Å². The van der Waals surface area contributed by atoms with Crippen LogP contribution in [-0.4, -0.2) is 33.2 Å². The first kappa shape index (κ1) is 9.85. The molecule has 0 unspecified atom stereocenters. The Morgan fingerprint density at radius 2 is 2.54 bits per heavy atom. The van der Waals surface area contributed by atoms with Crippen LogP contribution in [0, 0.1) is 0 Å². The van der Waals surface area contributed by atoms with Gasteiger partial charge in [-0.3, -0.25) is 0 Å². The highest BCUT2D eigenvalue weighted by atomic mass is 32.2. The van der Waals surface area contributed by atoms with Crippen molar-refractivity contribution in [2.75, 3.05) is 12.3 Å². The summed E-state index contributed by atoms with van der Waals surface area (Å²) in [5.41, 5.74) is 0. The Morgan fingerprint density at radius 1 is 1.77 bits per heavy atom. The first-order valence-corrected chi connectivity index (χ1v) is 4.60. The molecule has 1 amide bonds. The van der Waals surface area contributed by atoms with E-state index in [0.29, 0.717) is 12.3 Å². The zero-order chi connectivity index (χ0) is 9.68. The molecule has 71 valence electrons. The van der Waals surface area contributed by atoms with Crippen molar-refractivity contribution in [3.63, 3.8) is 0 Å². The maximum atomic E-state index is 9.96. The molecule has 1 radical (unpaired) electrons. The van der Waals surface area contributed by atoms with Gasteiger partial charge in [0.1, 0.15) is 6.33 Å². The molecule has 0 bridgehead atoms. The number of carbonyl (C=O) groups excluding carboxylic acids is 1. The number of carbonyl (C=O) groups is 1. The van der Waals surface area contributed by atoms with Crippen molar-refractivity contribution in [2.45, 2.75) is 5.16 Å². The lowest BCUT2D eigenvalue weighted by molar-refractivity contribution is 0.169. The Balaban J connectivity index is 2.20. The maximum Gasteiger partial charge on any atom is 0.450 e. The first-order chi connectivity index (χ1) is 6.20. The fraction of sp³-hybridized carbons (Fsp3) is 0.500. The Kier molecular flexibility index (Phi) is 3.56. The predicted octanol–water partition coefficient (Wildman–Crippen LogP) is 0.0473. The average molecular weight is 201 g/mol. The molecule has 1 rings (SSSR count). The maximum absolute atomic E-state index is 9.96. The third-order valence-electron chi connectivity index (χ3n) is 1.27. The second kappa shape index (κ2) is 4.70. The Morgan fingerprint density at radius 3 is 3.08 bits per heavy atom. The molecule has 0 saturated heterocycles. The van der Waals surface area contributed by atoms with Gasteiger partial charge in [0.05, 0.1) is 0 Å². The molecule has 0 saturated carbocycles. The third kappa shape index (κ3) is 3.32. The highest BCUT2D eigenvalue weighted by Gasteiger charge is 2.01. The molecule has 1 aromatic rings.